The fraction of sp³-hybridized carbons (Fsp3) is 0.750. The molecule has 1 aliphatic heterocycles. The summed E-state index contributed by atoms with van der Waals surface area (Å²) < 4.78 is 0. The number of hydrogen-bond donors (Lipinski definition) is 0. The summed E-state index contributed by atoms with van der Waals surface area (Å²) in [5.74, 6) is -1.83. The average molecular weight is 394 g/mol. The van der Waals surface area contributed by atoms with Gasteiger partial charge in [0.15, 0.2) is 0 Å². The van der Waals surface area contributed by atoms with Crippen molar-refractivity contribution in [3.8, 4) is 0 Å². The molecule has 3 fully saturated rings. The third-order valence-electron chi connectivity index (χ3n) is 4.62. The van der Waals surface area contributed by atoms with Crippen LogP contribution in [0.5, 0.6) is 0 Å². The van der Waals surface area contributed by atoms with Crippen molar-refractivity contribution >= 4 is 49.6 Å². The Balaban J connectivity index is 1.83. The van der Waals surface area contributed by atoms with Gasteiger partial charge in [-0.3, -0.25) is 14.5 Å². The van der Waals surface area contributed by atoms with Gasteiger partial charge in [0, 0.05) is 28.6 Å². The quantitative estimate of drug-likeness (QED) is 0.495. The highest BCUT2D eigenvalue weighted by molar-refractivity contribution is 9.12. The van der Waals surface area contributed by atoms with Crippen LogP contribution in [0.15, 0.2) is 0 Å². The summed E-state index contributed by atoms with van der Waals surface area (Å²) in [4.78, 5) is 36.6. The molecule has 0 unspecified atom stereocenters. The van der Waals surface area contributed by atoms with Gasteiger partial charge in [0.05, 0.1) is 11.8 Å². The van der Waals surface area contributed by atoms with Crippen LogP contribution in [0.4, 0.5) is 0 Å². The molecule has 2 bridgehead atoms. The first-order chi connectivity index (χ1) is 8.93. The molecule has 5 nitrogen and oxygen atoms in total. The molecular formula is C12H12Br2NO4-. The zero-order chi connectivity index (χ0) is 13.9. The van der Waals surface area contributed by atoms with Gasteiger partial charge >= 0.3 is 0 Å². The lowest BCUT2D eigenvalue weighted by Crippen LogP contribution is -2.37. The number of aliphatic carboxylic acids is 1. The van der Waals surface area contributed by atoms with E-state index < -0.39 is 5.97 Å². The number of amides is 2. The van der Waals surface area contributed by atoms with Crippen molar-refractivity contribution < 1.29 is 19.5 Å². The molecule has 6 atom stereocenters. The number of carboxylic acids is 1. The van der Waals surface area contributed by atoms with Crippen LogP contribution in [0.3, 0.4) is 0 Å². The van der Waals surface area contributed by atoms with Crippen LogP contribution in [0.2, 0.25) is 0 Å². The third kappa shape index (κ3) is 1.81. The van der Waals surface area contributed by atoms with Crippen LogP contribution in [0.1, 0.15) is 12.8 Å². The minimum Gasteiger partial charge on any atom is -0.550 e. The van der Waals surface area contributed by atoms with E-state index in [1.807, 2.05) is 0 Å². The van der Waals surface area contributed by atoms with E-state index in [0.29, 0.717) is 0 Å². The highest BCUT2D eigenvalue weighted by Crippen LogP contribution is 2.60. The number of carbonyl (C=O) groups excluding carboxylic acids is 3. The normalized spacial score (nSPS) is 44.0. The van der Waals surface area contributed by atoms with Crippen molar-refractivity contribution in [1.29, 1.82) is 0 Å². The number of fused-ring (bicyclic) bond motifs is 5. The molecular weight excluding hydrogens is 382 g/mol. The van der Waals surface area contributed by atoms with Gasteiger partial charge in [-0.2, -0.15) is 0 Å². The predicted octanol–water partition coefficient (Wildman–Crippen LogP) is -0.0957. The molecule has 104 valence electrons. The van der Waals surface area contributed by atoms with Crippen LogP contribution < -0.4 is 5.11 Å². The van der Waals surface area contributed by atoms with E-state index in [-0.39, 0.29) is 58.1 Å². The number of carboxylic acid groups (broad SMARTS) is 1. The zero-order valence-corrected chi connectivity index (χ0v) is 13.1. The Hall–Kier alpha value is -0.430. The Labute approximate surface area is 127 Å². The second kappa shape index (κ2) is 4.55. The lowest BCUT2D eigenvalue weighted by atomic mass is 9.81. The SMILES string of the molecule is O=C([O-])CCN1C(=O)[C@@H]2[C@@H]3C[C@@H]([C@H](Br)[C@@H]3Br)[C@@H]2C1=O. The molecule has 0 radical (unpaired) electrons. The van der Waals surface area contributed by atoms with Crippen molar-refractivity contribution in [3.05, 3.63) is 0 Å². The molecule has 7 heteroatoms. The van der Waals surface area contributed by atoms with Gasteiger partial charge in [-0.05, 0) is 18.3 Å². The topological polar surface area (TPSA) is 77.5 Å². The summed E-state index contributed by atoms with van der Waals surface area (Å²) in [7, 11) is 0. The van der Waals surface area contributed by atoms with Gasteiger partial charge in [-0.1, -0.05) is 31.9 Å². The first-order valence-electron chi connectivity index (χ1n) is 6.26. The van der Waals surface area contributed by atoms with E-state index >= 15 is 0 Å². The third-order valence-corrected chi connectivity index (χ3v) is 7.82. The monoisotopic (exact) mass is 392 g/mol. The summed E-state index contributed by atoms with van der Waals surface area (Å²) in [6.45, 7) is -0.0632. The lowest BCUT2D eigenvalue weighted by Gasteiger charge is -2.28. The summed E-state index contributed by atoms with van der Waals surface area (Å²) in [6, 6.07) is 0. The molecule has 0 aromatic rings. The van der Waals surface area contributed by atoms with Crippen molar-refractivity contribution in [3.63, 3.8) is 0 Å². The highest BCUT2D eigenvalue weighted by Gasteiger charge is 2.66. The molecule has 0 aromatic carbocycles. The summed E-state index contributed by atoms with van der Waals surface area (Å²) in [6.07, 6.45) is 0.592. The fourth-order valence-electron chi connectivity index (χ4n) is 3.83. The predicted molar refractivity (Wildman–Crippen MR) is 70.4 cm³/mol. The molecule has 0 N–H and O–H groups in total. The molecule has 0 aromatic heterocycles. The standard InChI is InChI=1S/C12H13Br2NO4/c13-9-4-3-5(10(9)14)8-7(4)11(18)15(12(8)19)2-1-6(16)17/h4-5,7-10H,1-3H2,(H,16,17)/p-1/t4-,5+,7+,8-,9+,10-. The molecule has 3 rings (SSSR count). The number of nitrogens with zero attached hydrogens (tertiary/aromatic N) is 1. The largest absolute Gasteiger partial charge is 0.550 e. The maximum Gasteiger partial charge on any atom is 0.233 e. The number of halogens is 2. The number of alkyl halides is 2. The van der Waals surface area contributed by atoms with Crippen molar-refractivity contribution in [2.75, 3.05) is 6.54 Å². The van der Waals surface area contributed by atoms with E-state index in [0.717, 1.165) is 11.3 Å². The van der Waals surface area contributed by atoms with Gasteiger partial charge in [-0.15, -0.1) is 0 Å². The lowest BCUT2D eigenvalue weighted by molar-refractivity contribution is -0.305. The molecule has 1 heterocycles. The number of hydrogen-bond acceptors (Lipinski definition) is 4. The smallest absolute Gasteiger partial charge is 0.233 e. The molecule has 3 aliphatic rings. The maximum atomic E-state index is 12.3. The Morgan fingerprint density at radius 2 is 1.63 bits per heavy atom. The molecule has 2 amide bonds. The number of imide groups is 1. The van der Waals surface area contributed by atoms with E-state index in [4.69, 9.17) is 0 Å². The van der Waals surface area contributed by atoms with Gasteiger partial charge in [0.2, 0.25) is 11.8 Å². The number of likely N-dealkylation sites (tertiary alicyclic amines) is 1. The average Bonchev–Trinajstić information content (AvgIpc) is 2.93. The Morgan fingerprint density at radius 1 is 1.16 bits per heavy atom. The molecule has 2 aliphatic carbocycles. The molecule has 1 saturated heterocycles. The summed E-state index contributed by atoms with van der Waals surface area (Å²) >= 11 is 7.19. The van der Waals surface area contributed by atoms with E-state index in [2.05, 4.69) is 31.9 Å². The fourth-order valence-corrected chi connectivity index (χ4v) is 5.71. The van der Waals surface area contributed by atoms with Crippen LogP contribution >= 0.6 is 31.9 Å². The van der Waals surface area contributed by atoms with Gasteiger partial charge < -0.3 is 9.90 Å². The van der Waals surface area contributed by atoms with E-state index in [1.165, 1.54) is 0 Å². The molecule has 2 saturated carbocycles. The van der Waals surface area contributed by atoms with Crippen LogP contribution in [0.25, 0.3) is 0 Å². The highest BCUT2D eigenvalue weighted by atomic mass is 79.9. The number of rotatable bonds is 3. The van der Waals surface area contributed by atoms with E-state index in [1.54, 1.807) is 0 Å². The first kappa shape index (κ1) is 13.5. The summed E-state index contributed by atoms with van der Waals surface area (Å²) in [5.41, 5.74) is 0. The Morgan fingerprint density at radius 3 is 2.05 bits per heavy atom. The first-order valence-corrected chi connectivity index (χ1v) is 8.10. The van der Waals surface area contributed by atoms with Crippen LogP contribution in [-0.2, 0) is 14.4 Å². The minimum absolute atomic E-state index is 0.0632. The van der Waals surface area contributed by atoms with Crippen molar-refractivity contribution in [1.82, 2.24) is 4.90 Å². The van der Waals surface area contributed by atoms with Crippen molar-refractivity contribution in [2.24, 2.45) is 23.7 Å². The van der Waals surface area contributed by atoms with Gasteiger partial charge in [-0.25, -0.2) is 0 Å². The van der Waals surface area contributed by atoms with E-state index in [9.17, 15) is 19.5 Å². The second-order valence-corrected chi connectivity index (χ2v) is 7.57. The minimum atomic E-state index is -1.24. The van der Waals surface area contributed by atoms with Crippen molar-refractivity contribution in [2.45, 2.75) is 22.5 Å². The van der Waals surface area contributed by atoms with Gasteiger partial charge in [0.1, 0.15) is 0 Å². The number of carbonyl (C=O) groups is 3. The Kier molecular flexibility index (Phi) is 3.24. The second-order valence-electron chi connectivity index (χ2n) is 5.45. The van der Waals surface area contributed by atoms with Crippen LogP contribution in [0, 0.1) is 23.7 Å². The maximum absolute atomic E-state index is 12.3. The van der Waals surface area contributed by atoms with Gasteiger partial charge in [0.25, 0.3) is 0 Å². The zero-order valence-electron chi connectivity index (χ0n) is 9.92. The van der Waals surface area contributed by atoms with Crippen LogP contribution in [-0.4, -0.2) is 38.9 Å². The Bertz CT molecular complexity index is 437. The summed E-state index contributed by atoms with van der Waals surface area (Å²) in [5, 5.41) is 10.5. The molecule has 0 spiro atoms. The molecule has 19 heavy (non-hydrogen) atoms.